The number of nitrogens with zero attached hydrogens (tertiary/aromatic N) is 2. The zero-order chi connectivity index (χ0) is 18.0. The fourth-order valence-corrected chi connectivity index (χ4v) is 3.29. The minimum atomic E-state index is -0.471. The molecule has 0 saturated heterocycles. The number of hydrogen-bond acceptors (Lipinski definition) is 4. The number of amides is 1. The van der Waals surface area contributed by atoms with Gasteiger partial charge >= 0.3 is 0 Å². The van der Waals surface area contributed by atoms with Crippen molar-refractivity contribution in [2.75, 3.05) is 23.3 Å². The van der Waals surface area contributed by atoms with Gasteiger partial charge in [-0.15, -0.1) is 0 Å². The van der Waals surface area contributed by atoms with Crippen molar-refractivity contribution in [1.82, 2.24) is 0 Å². The fraction of sp³-hybridized carbons (Fsp3) is 0.316. The van der Waals surface area contributed by atoms with E-state index in [9.17, 15) is 14.9 Å². The highest BCUT2D eigenvalue weighted by molar-refractivity contribution is 5.97. The van der Waals surface area contributed by atoms with Crippen LogP contribution in [-0.2, 0) is 11.2 Å². The summed E-state index contributed by atoms with van der Waals surface area (Å²) in [6.07, 6.45) is 2.01. The molecule has 0 spiro atoms. The molecule has 0 aromatic heterocycles. The van der Waals surface area contributed by atoms with Crippen LogP contribution in [0.4, 0.5) is 17.1 Å². The third kappa shape index (κ3) is 3.63. The molecule has 0 bridgehead atoms. The number of nitro groups is 1. The van der Waals surface area contributed by atoms with Gasteiger partial charge in [-0.25, -0.2) is 0 Å². The van der Waals surface area contributed by atoms with Gasteiger partial charge in [0, 0.05) is 18.3 Å². The third-order valence-electron chi connectivity index (χ3n) is 4.50. The summed E-state index contributed by atoms with van der Waals surface area (Å²) in [6.45, 7) is 4.80. The maximum atomic E-state index is 12.5. The Bertz CT molecular complexity index is 833. The van der Waals surface area contributed by atoms with Crippen molar-refractivity contribution in [1.29, 1.82) is 0 Å². The molecule has 0 unspecified atom stereocenters. The standard InChI is InChI=1S/C19H21N3O3/c1-13-8-9-16-15(11-13)6-4-10-21(16)12-18(23)20-19-14(2)5-3-7-17(19)22(24)25/h3,5,7-9,11H,4,6,10,12H2,1-2H3,(H,20,23). The van der Waals surface area contributed by atoms with Gasteiger partial charge < -0.3 is 10.2 Å². The number of para-hydroxylation sites is 1. The number of nitrogens with one attached hydrogen (secondary N) is 1. The molecule has 3 rings (SSSR count). The second-order valence-corrected chi connectivity index (χ2v) is 6.43. The molecule has 2 aromatic rings. The van der Waals surface area contributed by atoms with Crippen LogP contribution in [0, 0.1) is 24.0 Å². The summed E-state index contributed by atoms with van der Waals surface area (Å²) in [6, 6.07) is 11.0. The minimum absolute atomic E-state index is 0.0805. The van der Waals surface area contributed by atoms with E-state index >= 15 is 0 Å². The molecule has 1 N–H and O–H groups in total. The van der Waals surface area contributed by atoms with Crippen LogP contribution in [0.5, 0.6) is 0 Å². The number of fused-ring (bicyclic) bond motifs is 1. The Hall–Kier alpha value is -2.89. The van der Waals surface area contributed by atoms with E-state index in [0.717, 1.165) is 25.1 Å². The normalized spacial score (nSPS) is 13.3. The summed E-state index contributed by atoms with van der Waals surface area (Å²) in [5, 5.41) is 13.9. The maximum Gasteiger partial charge on any atom is 0.293 e. The highest BCUT2D eigenvalue weighted by atomic mass is 16.6. The van der Waals surface area contributed by atoms with Gasteiger partial charge in [-0.05, 0) is 43.9 Å². The number of carbonyl (C=O) groups is 1. The van der Waals surface area contributed by atoms with Crippen LogP contribution in [0.3, 0.4) is 0 Å². The van der Waals surface area contributed by atoms with E-state index in [-0.39, 0.29) is 23.8 Å². The van der Waals surface area contributed by atoms with Crippen molar-refractivity contribution < 1.29 is 9.72 Å². The zero-order valence-electron chi connectivity index (χ0n) is 14.4. The molecule has 0 aliphatic carbocycles. The van der Waals surface area contributed by atoms with E-state index < -0.39 is 4.92 Å². The van der Waals surface area contributed by atoms with Gasteiger partial charge in [-0.3, -0.25) is 14.9 Å². The van der Waals surface area contributed by atoms with Crippen LogP contribution in [-0.4, -0.2) is 23.9 Å². The third-order valence-corrected chi connectivity index (χ3v) is 4.50. The van der Waals surface area contributed by atoms with E-state index in [2.05, 4.69) is 18.3 Å². The van der Waals surface area contributed by atoms with Crippen molar-refractivity contribution in [2.45, 2.75) is 26.7 Å². The number of nitro benzene ring substituents is 1. The molecular weight excluding hydrogens is 318 g/mol. The van der Waals surface area contributed by atoms with Crippen molar-refractivity contribution in [2.24, 2.45) is 0 Å². The lowest BCUT2D eigenvalue weighted by molar-refractivity contribution is -0.384. The highest BCUT2D eigenvalue weighted by Crippen LogP contribution is 2.29. The Kier molecular flexibility index (Phi) is 4.70. The molecule has 6 nitrogen and oxygen atoms in total. The molecule has 1 amide bonds. The van der Waals surface area contributed by atoms with Crippen LogP contribution >= 0.6 is 0 Å². The predicted octanol–water partition coefficient (Wildman–Crippen LogP) is 3.60. The number of rotatable bonds is 4. The smallest absolute Gasteiger partial charge is 0.293 e. The summed E-state index contributed by atoms with van der Waals surface area (Å²) in [5.41, 5.74) is 4.41. The first-order chi connectivity index (χ1) is 12.0. The Morgan fingerprint density at radius 2 is 2.08 bits per heavy atom. The van der Waals surface area contributed by atoms with Gasteiger partial charge in [0.25, 0.3) is 5.69 Å². The molecule has 25 heavy (non-hydrogen) atoms. The summed E-state index contributed by atoms with van der Waals surface area (Å²) in [7, 11) is 0. The van der Waals surface area contributed by atoms with Gasteiger partial charge in [-0.1, -0.05) is 29.8 Å². The Morgan fingerprint density at radius 1 is 1.28 bits per heavy atom. The molecular formula is C19H21N3O3. The molecule has 6 heteroatoms. The Morgan fingerprint density at radius 3 is 2.84 bits per heavy atom. The molecule has 1 aliphatic rings. The summed E-state index contributed by atoms with van der Waals surface area (Å²) in [5.74, 6) is -0.245. The van der Waals surface area contributed by atoms with Crippen LogP contribution < -0.4 is 10.2 Å². The van der Waals surface area contributed by atoms with Crippen LogP contribution in [0.25, 0.3) is 0 Å². The number of benzene rings is 2. The second kappa shape index (κ2) is 6.93. The second-order valence-electron chi connectivity index (χ2n) is 6.43. The quantitative estimate of drug-likeness (QED) is 0.682. The molecule has 0 radical (unpaired) electrons. The topological polar surface area (TPSA) is 75.5 Å². The van der Waals surface area contributed by atoms with E-state index in [1.54, 1.807) is 19.1 Å². The fourth-order valence-electron chi connectivity index (χ4n) is 3.29. The van der Waals surface area contributed by atoms with Crippen LogP contribution in [0.1, 0.15) is 23.1 Å². The average molecular weight is 339 g/mol. The van der Waals surface area contributed by atoms with E-state index in [1.807, 2.05) is 17.0 Å². The number of aryl methyl sites for hydroxylation is 3. The van der Waals surface area contributed by atoms with Gasteiger partial charge in [0.2, 0.25) is 5.91 Å². The Labute approximate surface area is 146 Å². The van der Waals surface area contributed by atoms with Crippen molar-refractivity contribution >= 4 is 23.0 Å². The molecule has 130 valence electrons. The van der Waals surface area contributed by atoms with Gasteiger partial charge in [-0.2, -0.15) is 0 Å². The van der Waals surface area contributed by atoms with Crippen molar-refractivity contribution in [3.8, 4) is 0 Å². The maximum absolute atomic E-state index is 12.5. The summed E-state index contributed by atoms with van der Waals surface area (Å²) < 4.78 is 0. The van der Waals surface area contributed by atoms with E-state index in [0.29, 0.717) is 5.56 Å². The number of hydrogen-bond donors (Lipinski definition) is 1. The molecule has 1 aliphatic heterocycles. The van der Waals surface area contributed by atoms with Gasteiger partial charge in [0.15, 0.2) is 0 Å². The molecule has 2 aromatic carbocycles. The summed E-state index contributed by atoms with van der Waals surface area (Å²) >= 11 is 0. The summed E-state index contributed by atoms with van der Waals surface area (Å²) in [4.78, 5) is 25.3. The SMILES string of the molecule is Cc1ccc2c(c1)CCCN2CC(=O)Nc1c(C)cccc1[N+](=O)[O-]. The lowest BCUT2D eigenvalue weighted by Gasteiger charge is -2.31. The highest BCUT2D eigenvalue weighted by Gasteiger charge is 2.22. The van der Waals surface area contributed by atoms with Crippen molar-refractivity contribution in [3.63, 3.8) is 0 Å². The Balaban J connectivity index is 1.78. The lowest BCUT2D eigenvalue weighted by Crippen LogP contribution is -2.37. The monoisotopic (exact) mass is 339 g/mol. The molecule has 0 atom stereocenters. The van der Waals surface area contributed by atoms with Crippen LogP contribution in [0.15, 0.2) is 36.4 Å². The first-order valence-electron chi connectivity index (χ1n) is 8.34. The largest absolute Gasteiger partial charge is 0.362 e. The van der Waals surface area contributed by atoms with E-state index in [1.165, 1.54) is 17.2 Å². The average Bonchev–Trinajstić information content (AvgIpc) is 2.56. The number of anilines is 2. The van der Waals surface area contributed by atoms with Crippen LogP contribution in [0.2, 0.25) is 0 Å². The van der Waals surface area contributed by atoms with Gasteiger partial charge in [0.1, 0.15) is 5.69 Å². The van der Waals surface area contributed by atoms with Crippen molar-refractivity contribution in [3.05, 3.63) is 63.2 Å². The zero-order valence-corrected chi connectivity index (χ0v) is 14.4. The first-order valence-corrected chi connectivity index (χ1v) is 8.34. The lowest BCUT2D eigenvalue weighted by atomic mass is 9.99. The predicted molar refractivity (Wildman–Crippen MR) is 98.2 cm³/mol. The molecule has 0 fully saturated rings. The molecule has 1 heterocycles. The number of carbonyl (C=O) groups excluding carboxylic acids is 1. The van der Waals surface area contributed by atoms with Gasteiger partial charge in [0.05, 0.1) is 11.5 Å². The first kappa shape index (κ1) is 17.0. The minimum Gasteiger partial charge on any atom is -0.362 e. The van der Waals surface area contributed by atoms with E-state index in [4.69, 9.17) is 0 Å². The molecule has 0 saturated carbocycles.